The standard InChI is InChI=1S/C30H31ClF3N5/c1-2-26(39-17-6-3-7-18-39)29-37-25-19-21(27-23(30(32,33)34)10-8-15-35-27)12-13-22(25)28(38-29)36-16-14-20-9-4-5-11-24(20)31/h4-5,8-13,15,19,26H,2-3,6-7,14,16-18H2,1H3,(H,36,37,38). The largest absolute Gasteiger partial charge is 0.418 e. The summed E-state index contributed by atoms with van der Waals surface area (Å²) in [6.45, 7) is 4.68. The summed E-state index contributed by atoms with van der Waals surface area (Å²) in [6.07, 6.45) is 1.89. The number of nitrogens with one attached hydrogen (secondary N) is 1. The molecule has 2 aromatic heterocycles. The smallest absolute Gasteiger partial charge is 0.369 e. The predicted molar refractivity (Wildman–Crippen MR) is 150 cm³/mol. The molecule has 0 saturated carbocycles. The van der Waals surface area contributed by atoms with Crippen LogP contribution in [0.3, 0.4) is 0 Å². The summed E-state index contributed by atoms with van der Waals surface area (Å²) >= 11 is 6.35. The minimum Gasteiger partial charge on any atom is -0.369 e. The first-order valence-corrected chi connectivity index (χ1v) is 13.8. The molecule has 9 heteroatoms. The zero-order chi connectivity index (χ0) is 27.4. The highest BCUT2D eigenvalue weighted by Gasteiger charge is 2.34. The van der Waals surface area contributed by atoms with E-state index < -0.39 is 11.7 Å². The van der Waals surface area contributed by atoms with Gasteiger partial charge in [0, 0.05) is 28.7 Å². The van der Waals surface area contributed by atoms with Crippen LogP contribution >= 0.6 is 11.6 Å². The van der Waals surface area contributed by atoms with Gasteiger partial charge < -0.3 is 5.32 Å². The van der Waals surface area contributed by atoms with Crippen molar-refractivity contribution in [3.63, 3.8) is 0 Å². The van der Waals surface area contributed by atoms with Crippen molar-refractivity contribution in [1.29, 1.82) is 0 Å². The van der Waals surface area contributed by atoms with Crippen LogP contribution < -0.4 is 5.32 Å². The molecule has 1 aliphatic rings. The van der Waals surface area contributed by atoms with E-state index in [1.807, 2.05) is 24.3 Å². The Labute approximate surface area is 231 Å². The topological polar surface area (TPSA) is 53.9 Å². The molecule has 1 unspecified atom stereocenters. The van der Waals surface area contributed by atoms with Crippen molar-refractivity contribution >= 4 is 28.3 Å². The Morgan fingerprint density at radius 3 is 2.54 bits per heavy atom. The quantitative estimate of drug-likeness (QED) is 0.240. The number of hydrogen-bond donors (Lipinski definition) is 1. The summed E-state index contributed by atoms with van der Waals surface area (Å²) in [6, 6.07) is 15.2. The van der Waals surface area contributed by atoms with Crippen molar-refractivity contribution in [3.8, 4) is 11.3 Å². The average Bonchev–Trinajstić information content (AvgIpc) is 2.94. The Morgan fingerprint density at radius 1 is 1.00 bits per heavy atom. The van der Waals surface area contributed by atoms with Gasteiger partial charge in [-0.25, -0.2) is 9.97 Å². The lowest BCUT2D eigenvalue weighted by Gasteiger charge is -2.33. The van der Waals surface area contributed by atoms with Crippen LogP contribution in [0.25, 0.3) is 22.2 Å². The van der Waals surface area contributed by atoms with Crippen LogP contribution in [-0.4, -0.2) is 39.5 Å². The minimum atomic E-state index is -4.51. The summed E-state index contributed by atoms with van der Waals surface area (Å²) in [5.74, 6) is 1.35. The fourth-order valence-electron chi connectivity index (χ4n) is 5.29. The summed E-state index contributed by atoms with van der Waals surface area (Å²) in [7, 11) is 0. The lowest BCUT2D eigenvalue weighted by molar-refractivity contribution is -0.137. The summed E-state index contributed by atoms with van der Waals surface area (Å²) in [4.78, 5) is 16.4. The van der Waals surface area contributed by atoms with Crippen molar-refractivity contribution in [2.45, 2.75) is 51.2 Å². The fourth-order valence-corrected chi connectivity index (χ4v) is 5.52. The van der Waals surface area contributed by atoms with E-state index in [0.29, 0.717) is 40.7 Å². The van der Waals surface area contributed by atoms with Gasteiger partial charge in [-0.05, 0) is 74.7 Å². The number of likely N-dealkylation sites (tertiary alicyclic amines) is 1. The third kappa shape index (κ3) is 6.17. The number of pyridine rings is 1. The first-order chi connectivity index (χ1) is 18.8. The molecule has 1 saturated heterocycles. The Bertz CT molecular complexity index is 1440. The lowest BCUT2D eigenvalue weighted by atomic mass is 10.0. The molecule has 5 nitrogen and oxygen atoms in total. The van der Waals surface area contributed by atoms with Gasteiger partial charge in [-0.3, -0.25) is 9.88 Å². The molecule has 5 rings (SSSR count). The second kappa shape index (κ2) is 11.9. The van der Waals surface area contributed by atoms with E-state index in [9.17, 15) is 13.2 Å². The van der Waals surface area contributed by atoms with E-state index in [1.165, 1.54) is 18.7 Å². The molecule has 0 bridgehead atoms. The van der Waals surface area contributed by atoms with Crippen LogP contribution in [0.1, 0.15) is 55.6 Å². The number of benzene rings is 2. The van der Waals surface area contributed by atoms with Crippen molar-refractivity contribution in [3.05, 3.63) is 82.8 Å². The molecule has 2 aromatic carbocycles. The number of rotatable bonds is 8. The van der Waals surface area contributed by atoms with Crippen LogP contribution in [0.2, 0.25) is 5.02 Å². The minimum absolute atomic E-state index is 0.0306. The molecule has 39 heavy (non-hydrogen) atoms. The molecule has 0 radical (unpaired) electrons. The van der Waals surface area contributed by atoms with Crippen LogP contribution in [-0.2, 0) is 12.6 Å². The van der Waals surface area contributed by atoms with E-state index >= 15 is 0 Å². The summed E-state index contributed by atoms with van der Waals surface area (Å²) in [5.41, 5.74) is 1.11. The van der Waals surface area contributed by atoms with Gasteiger partial charge in [0.25, 0.3) is 0 Å². The van der Waals surface area contributed by atoms with E-state index in [1.54, 1.807) is 18.2 Å². The maximum absolute atomic E-state index is 13.8. The molecule has 3 heterocycles. The van der Waals surface area contributed by atoms with Gasteiger partial charge in [0.05, 0.1) is 22.8 Å². The first kappa shape index (κ1) is 27.3. The number of alkyl halides is 3. The van der Waals surface area contributed by atoms with E-state index in [2.05, 4.69) is 22.1 Å². The van der Waals surface area contributed by atoms with Crippen molar-refractivity contribution < 1.29 is 13.2 Å². The number of anilines is 1. The van der Waals surface area contributed by atoms with Crippen LogP contribution in [0, 0.1) is 0 Å². The molecule has 1 fully saturated rings. The molecule has 0 amide bonds. The molecule has 1 N–H and O–H groups in total. The molecule has 4 aromatic rings. The van der Waals surface area contributed by atoms with Gasteiger partial charge >= 0.3 is 6.18 Å². The zero-order valence-electron chi connectivity index (χ0n) is 21.8. The maximum atomic E-state index is 13.8. The van der Waals surface area contributed by atoms with Gasteiger partial charge in [-0.2, -0.15) is 13.2 Å². The number of hydrogen-bond acceptors (Lipinski definition) is 5. The zero-order valence-corrected chi connectivity index (χ0v) is 22.6. The summed E-state index contributed by atoms with van der Waals surface area (Å²) < 4.78 is 41.3. The highest BCUT2D eigenvalue weighted by Crippen LogP contribution is 2.37. The van der Waals surface area contributed by atoms with Crippen LogP contribution in [0.15, 0.2) is 60.8 Å². The van der Waals surface area contributed by atoms with Gasteiger partial charge in [0.2, 0.25) is 0 Å². The number of fused-ring (bicyclic) bond motifs is 1. The number of nitrogens with zero attached hydrogens (tertiary/aromatic N) is 4. The molecular formula is C30H31ClF3N5. The van der Waals surface area contributed by atoms with Crippen LogP contribution in [0.5, 0.6) is 0 Å². The average molecular weight is 554 g/mol. The highest BCUT2D eigenvalue weighted by molar-refractivity contribution is 6.31. The number of piperidine rings is 1. The van der Waals surface area contributed by atoms with E-state index in [4.69, 9.17) is 21.6 Å². The molecular weight excluding hydrogens is 523 g/mol. The summed E-state index contributed by atoms with van der Waals surface area (Å²) in [5, 5.41) is 4.92. The van der Waals surface area contributed by atoms with Crippen molar-refractivity contribution in [2.75, 3.05) is 25.0 Å². The molecule has 0 aliphatic carbocycles. The number of aromatic nitrogens is 3. The second-order valence-electron chi connectivity index (χ2n) is 9.85. The lowest BCUT2D eigenvalue weighted by Crippen LogP contribution is -2.34. The molecule has 1 aliphatic heterocycles. The van der Waals surface area contributed by atoms with Crippen molar-refractivity contribution in [2.24, 2.45) is 0 Å². The van der Waals surface area contributed by atoms with Gasteiger partial charge in [-0.15, -0.1) is 0 Å². The maximum Gasteiger partial charge on any atom is 0.418 e. The van der Waals surface area contributed by atoms with Crippen LogP contribution in [0.4, 0.5) is 19.0 Å². The monoisotopic (exact) mass is 553 g/mol. The van der Waals surface area contributed by atoms with E-state index in [-0.39, 0.29) is 11.7 Å². The van der Waals surface area contributed by atoms with Gasteiger partial charge in [0.1, 0.15) is 11.6 Å². The third-order valence-corrected chi connectivity index (χ3v) is 7.63. The first-order valence-electron chi connectivity index (χ1n) is 13.4. The predicted octanol–water partition coefficient (Wildman–Crippen LogP) is 7.96. The SMILES string of the molecule is CCC(c1nc(NCCc2ccccc2Cl)c2ccc(-c3ncccc3C(F)(F)F)cc2n1)N1CCCCC1. The van der Waals surface area contributed by atoms with Gasteiger partial charge in [-0.1, -0.05) is 49.2 Å². The third-order valence-electron chi connectivity index (χ3n) is 7.26. The molecule has 204 valence electrons. The Kier molecular flexibility index (Phi) is 8.33. The Hall–Kier alpha value is -3.23. The Balaban J connectivity index is 1.55. The van der Waals surface area contributed by atoms with Gasteiger partial charge in [0.15, 0.2) is 0 Å². The highest BCUT2D eigenvalue weighted by atomic mass is 35.5. The second-order valence-corrected chi connectivity index (χ2v) is 10.3. The number of halogens is 4. The molecule has 0 spiro atoms. The molecule has 1 atom stereocenters. The fraction of sp³-hybridized carbons (Fsp3) is 0.367. The van der Waals surface area contributed by atoms with E-state index in [0.717, 1.165) is 49.4 Å². The van der Waals surface area contributed by atoms with Crippen molar-refractivity contribution in [1.82, 2.24) is 19.9 Å². The Morgan fingerprint density at radius 2 is 1.79 bits per heavy atom. The normalized spacial score (nSPS) is 15.4.